The van der Waals surface area contributed by atoms with Gasteiger partial charge in [-0.3, -0.25) is 9.59 Å². The van der Waals surface area contributed by atoms with Crippen molar-refractivity contribution >= 4 is 38.8 Å². The molecule has 1 heterocycles. The maximum absolute atomic E-state index is 13.1. The maximum Gasteiger partial charge on any atom is 0.408 e. The number of fused-ring (bicyclic) bond motifs is 2. The summed E-state index contributed by atoms with van der Waals surface area (Å²) in [5, 5.41) is 16.4. The van der Waals surface area contributed by atoms with E-state index in [-0.39, 0.29) is 23.6 Å². The second kappa shape index (κ2) is 12.2. The Morgan fingerprint density at radius 2 is 1.69 bits per heavy atom. The van der Waals surface area contributed by atoms with Crippen LogP contribution in [0.1, 0.15) is 33.3 Å². The number of sulfonamides is 1. The monoisotopic (exact) mass is 599 g/mol. The number of hydrogen-bond donors (Lipinski definition) is 4. The van der Waals surface area contributed by atoms with E-state index in [1.54, 1.807) is 58.0 Å². The van der Waals surface area contributed by atoms with Crippen molar-refractivity contribution in [2.24, 2.45) is 0 Å². The summed E-state index contributed by atoms with van der Waals surface area (Å²) in [7, 11) is -4.16. The van der Waals surface area contributed by atoms with Crippen molar-refractivity contribution in [1.82, 2.24) is 15.4 Å². The van der Waals surface area contributed by atoms with Crippen LogP contribution in [0.25, 0.3) is 10.8 Å². The van der Waals surface area contributed by atoms with E-state index in [2.05, 4.69) is 15.4 Å². The number of carbonyl (C=O) groups excluding carboxylic acids is 2. The van der Waals surface area contributed by atoms with Gasteiger partial charge in [-0.05, 0) is 74.7 Å². The first-order valence-corrected chi connectivity index (χ1v) is 14.6. The lowest BCUT2D eigenvalue weighted by atomic mass is 10.1. The fourth-order valence-electron chi connectivity index (χ4n) is 4.19. The van der Waals surface area contributed by atoms with Gasteiger partial charge >= 0.3 is 12.1 Å². The van der Waals surface area contributed by atoms with Gasteiger partial charge in [-0.1, -0.05) is 36.4 Å². The van der Waals surface area contributed by atoms with Crippen LogP contribution >= 0.6 is 0 Å². The Balaban J connectivity index is 1.42. The van der Waals surface area contributed by atoms with Gasteiger partial charge in [-0.25, -0.2) is 13.2 Å². The third kappa shape index (κ3) is 7.89. The third-order valence-electron chi connectivity index (χ3n) is 6.16. The van der Waals surface area contributed by atoms with Crippen LogP contribution in [-0.2, 0) is 30.8 Å². The Kier molecular flexibility index (Phi) is 8.92. The minimum Gasteiger partial charge on any atom is -0.481 e. The molecule has 1 aliphatic heterocycles. The summed E-state index contributed by atoms with van der Waals surface area (Å²) in [5.41, 5.74) is -0.260. The number of carbonyl (C=O) groups is 3. The molecular formula is C29H33N3O9S. The predicted octanol–water partition coefficient (Wildman–Crippen LogP) is 2.94. The van der Waals surface area contributed by atoms with Gasteiger partial charge in [0.25, 0.3) is 0 Å². The van der Waals surface area contributed by atoms with Crippen LogP contribution in [0, 0.1) is 0 Å². The summed E-state index contributed by atoms with van der Waals surface area (Å²) in [6, 6.07) is 15.0. The highest BCUT2D eigenvalue weighted by atomic mass is 32.2. The number of rotatable bonds is 9. The number of carboxylic acid groups (broad SMARTS) is 1. The van der Waals surface area contributed by atoms with Gasteiger partial charge in [0.05, 0.1) is 4.90 Å². The Labute approximate surface area is 243 Å². The summed E-state index contributed by atoms with van der Waals surface area (Å²) in [6.45, 7) is 6.43. The van der Waals surface area contributed by atoms with E-state index in [1.165, 1.54) is 18.2 Å². The van der Waals surface area contributed by atoms with Crippen molar-refractivity contribution < 1.29 is 42.1 Å². The van der Waals surface area contributed by atoms with Crippen LogP contribution in [0.2, 0.25) is 0 Å². The molecular weight excluding hydrogens is 566 g/mol. The topological polar surface area (TPSA) is 169 Å². The zero-order valence-corrected chi connectivity index (χ0v) is 24.4. The van der Waals surface area contributed by atoms with Crippen molar-refractivity contribution in [3.05, 3.63) is 66.2 Å². The highest BCUT2D eigenvalue weighted by Gasteiger charge is 2.31. The minimum atomic E-state index is -4.16. The second-order valence-electron chi connectivity index (χ2n) is 10.8. The Hall–Kier alpha value is -4.36. The van der Waals surface area contributed by atoms with E-state index >= 15 is 0 Å². The molecule has 0 spiro atoms. The van der Waals surface area contributed by atoms with Crippen molar-refractivity contribution in [3.63, 3.8) is 0 Å². The number of carboxylic acids is 1. The smallest absolute Gasteiger partial charge is 0.408 e. The van der Waals surface area contributed by atoms with Crippen LogP contribution in [-0.4, -0.2) is 62.0 Å². The van der Waals surface area contributed by atoms with Gasteiger partial charge in [-0.2, -0.15) is 4.72 Å². The lowest BCUT2D eigenvalue weighted by molar-refractivity contribution is -0.139. The standard InChI is InChI=1S/C29H33N3O9S/c1-17-26(31-25(33)16-30-28(36)41-29(2,3)4)40-24-14-18(9-12-23(24)39-17)13-22(27(34)35)32-42(37,38)21-11-10-19-7-5-6-8-20(19)15-21/h5-12,14-15,17,22,26,32H,13,16H2,1-4H3,(H,30,36)(H,31,33)(H,34,35)/t17?,22-,26?/m0/s1. The Bertz CT molecular complexity index is 1600. The largest absolute Gasteiger partial charge is 0.481 e. The van der Waals surface area contributed by atoms with Crippen LogP contribution in [0.5, 0.6) is 11.5 Å². The quantitative estimate of drug-likeness (QED) is 0.289. The number of benzene rings is 3. The first-order chi connectivity index (χ1) is 19.7. The van der Waals surface area contributed by atoms with E-state index in [1.807, 2.05) is 12.1 Å². The van der Waals surface area contributed by atoms with Crippen molar-refractivity contribution in [3.8, 4) is 11.5 Å². The molecule has 0 aliphatic carbocycles. The van der Waals surface area contributed by atoms with Crippen molar-refractivity contribution in [1.29, 1.82) is 0 Å². The van der Waals surface area contributed by atoms with Crippen LogP contribution in [0.3, 0.4) is 0 Å². The molecule has 0 saturated heterocycles. The molecule has 2 amide bonds. The van der Waals surface area contributed by atoms with E-state index in [0.717, 1.165) is 5.39 Å². The van der Waals surface area contributed by atoms with Gasteiger partial charge in [0.15, 0.2) is 17.6 Å². The number of aliphatic carboxylic acids is 1. The maximum atomic E-state index is 13.1. The van der Waals surface area contributed by atoms with Crippen molar-refractivity contribution in [2.75, 3.05) is 6.54 Å². The lowest BCUT2D eigenvalue weighted by Crippen LogP contribution is -2.52. The average molecular weight is 600 g/mol. The highest BCUT2D eigenvalue weighted by molar-refractivity contribution is 7.89. The molecule has 42 heavy (non-hydrogen) atoms. The molecule has 0 aromatic heterocycles. The number of amides is 2. The van der Waals surface area contributed by atoms with Crippen molar-refractivity contribution in [2.45, 2.75) is 63.0 Å². The Morgan fingerprint density at radius 1 is 0.976 bits per heavy atom. The van der Waals surface area contributed by atoms with Gasteiger partial charge in [0, 0.05) is 0 Å². The summed E-state index contributed by atoms with van der Waals surface area (Å²) in [6.07, 6.45) is -2.44. The zero-order chi connectivity index (χ0) is 30.7. The SMILES string of the molecule is CC1Oc2ccc(C[C@H](NS(=O)(=O)c3ccc4ccccc4c3)C(=O)O)cc2OC1NC(=O)CNC(=O)OC(C)(C)C. The minimum absolute atomic E-state index is 0.0525. The second-order valence-corrected chi connectivity index (χ2v) is 12.5. The van der Waals surface area contributed by atoms with E-state index in [9.17, 15) is 27.9 Å². The van der Waals surface area contributed by atoms with E-state index in [4.69, 9.17) is 14.2 Å². The fourth-order valence-corrected chi connectivity index (χ4v) is 5.42. The van der Waals surface area contributed by atoms with E-state index < -0.39 is 52.0 Å². The molecule has 1 aliphatic rings. The summed E-state index contributed by atoms with van der Waals surface area (Å²) >= 11 is 0. The molecule has 0 radical (unpaired) electrons. The van der Waals surface area contributed by atoms with Crippen LogP contribution in [0.4, 0.5) is 4.79 Å². The number of hydrogen-bond acceptors (Lipinski definition) is 8. The summed E-state index contributed by atoms with van der Waals surface area (Å²) in [5.74, 6) is -1.30. The molecule has 3 aromatic rings. The lowest BCUT2D eigenvalue weighted by Gasteiger charge is -2.32. The number of nitrogens with one attached hydrogen (secondary N) is 3. The van der Waals surface area contributed by atoms with Crippen LogP contribution in [0.15, 0.2) is 65.6 Å². The first kappa shape index (κ1) is 30.6. The molecule has 4 N–H and O–H groups in total. The molecule has 0 bridgehead atoms. The zero-order valence-electron chi connectivity index (χ0n) is 23.5. The molecule has 12 nitrogen and oxygen atoms in total. The molecule has 224 valence electrons. The molecule has 3 atom stereocenters. The first-order valence-electron chi connectivity index (χ1n) is 13.2. The molecule has 4 rings (SSSR count). The molecule has 0 fully saturated rings. The summed E-state index contributed by atoms with van der Waals surface area (Å²) in [4.78, 5) is 36.2. The van der Waals surface area contributed by atoms with E-state index in [0.29, 0.717) is 16.7 Å². The molecule has 0 saturated carbocycles. The Morgan fingerprint density at radius 3 is 2.38 bits per heavy atom. The third-order valence-corrected chi connectivity index (χ3v) is 7.63. The molecule has 2 unspecified atom stereocenters. The fraction of sp³-hybridized carbons (Fsp3) is 0.345. The number of ether oxygens (including phenoxy) is 3. The highest BCUT2D eigenvalue weighted by Crippen LogP contribution is 2.34. The van der Waals surface area contributed by atoms with Gasteiger partial charge < -0.3 is 30.0 Å². The average Bonchev–Trinajstić information content (AvgIpc) is 2.90. The summed E-state index contributed by atoms with van der Waals surface area (Å²) < 4.78 is 45.3. The molecule has 3 aromatic carbocycles. The van der Waals surface area contributed by atoms with Gasteiger partial charge in [0.1, 0.15) is 18.2 Å². The normalized spacial score (nSPS) is 17.2. The predicted molar refractivity (Wildman–Crippen MR) is 153 cm³/mol. The van der Waals surface area contributed by atoms with Gasteiger partial charge in [-0.15, -0.1) is 0 Å². The molecule has 13 heteroatoms. The van der Waals surface area contributed by atoms with Gasteiger partial charge in [0.2, 0.25) is 22.2 Å². The van der Waals surface area contributed by atoms with Crippen LogP contribution < -0.4 is 24.8 Å². The number of alkyl carbamates (subject to hydrolysis) is 1.